The molecule has 1 atom stereocenters. The highest BCUT2D eigenvalue weighted by molar-refractivity contribution is 7.98. The number of hydrogen-bond donors (Lipinski definition) is 2. The van der Waals surface area contributed by atoms with Crippen LogP contribution in [0.25, 0.3) is 0 Å². The van der Waals surface area contributed by atoms with E-state index in [1.807, 2.05) is 24.1 Å². The van der Waals surface area contributed by atoms with Crippen LogP contribution in [0.1, 0.15) is 19.8 Å². The highest BCUT2D eigenvalue weighted by atomic mass is 32.2. The van der Waals surface area contributed by atoms with E-state index < -0.39 is 0 Å². The second-order valence-corrected chi connectivity index (χ2v) is 5.16. The largest absolute Gasteiger partial charge is 0.370 e. The Bertz CT molecular complexity index is 467. The molecule has 1 aromatic heterocycles. The highest BCUT2D eigenvalue weighted by Crippen LogP contribution is 2.27. The van der Waals surface area contributed by atoms with Gasteiger partial charge in [-0.15, -0.1) is 0 Å². The van der Waals surface area contributed by atoms with Gasteiger partial charge in [0.2, 0.25) is 5.91 Å². The molecule has 0 aliphatic carbocycles. The first-order chi connectivity index (χ1) is 9.15. The molecule has 0 bridgehead atoms. The molecule has 0 spiro atoms. The van der Waals surface area contributed by atoms with Gasteiger partial charge in [0.1, 0.15) is 17.7 Å². The first-order valence-electron chi connectivity index (χ1n) is 6.38. The van der Waals surface area contributed by atoms with Crippen LogP contribution in [-0.2, 0) is 4.79 Å². The van der Waals surface area contributed by atoms with Crippen molar-refractivity contribution in [2.45, 2.75) is 31.0 Å². The van der Waals surface area contributed by atoms with Gasteiger partial charge in [0, 0.05) is 19.2 Å². The zero-order valence-electron chi connectivity index (χ0n) is 11.2. The number of anilines is 2. The fourth-order valence-corrected chi connectivity index (χ4v) is 2.63. The lowest BCUT2D eigenvalue weighted by Crippen LogP contribution is -2.40. The Kier molecular flexibility index (Phi) is 4.47. The Morgan fingerprint density at radius 2 is 2.42 bits per heavy atom. The maximum absolute atomic E-state index is 11.5. The number of rotatable bonds is 5. The molecule has 1 unspecified atom stereocenters. The van der Waals surface area contributed by atoms with Crippen molar-refractivity contribution in [2.24, 2.45) is 5.73 Å². The third-order valence-corrected chi connectivity index (χ3v) is 3.66. The first kappa shape index (κ1) is 13.9. The predicted molar refractivity (Wildman–Crippen MR) is 77.5 cm³/mol. The van der Waals surface area contributed by atoms with E-state index in [0.717, 1.165) is 37.6 Å². The van der Waals surface area contributed by atoms with Gasteiger partial charge in [-0.2, -0.15) is 0 Å². The Morgan fingerprint density at radius 1 is 1.63 bits per heavy atom. The highest BCUT2D eigenvalue weighted by Gasteiger charge is 2.30. The van der Waals surface area contributed by atoms with E-state index in [9.17, 15) is 4.79 Å². The van der Waals surface area contributed by atoms with Gasteiger partial charge in [-0.3, -0.25) is 4.79 Å². The number of nitrogens with one attached hydrogen (secondary N) is 1. The zero-order chi connectivity index (χ0) is 13.8. The maximum Gasteiger partial charge on any atom is 0.240 e. The summed E-state index contributed by atoms with van der Waals surface area (Å²) in [6, 6.07) is 1.63. The minimum absolute atomic E-state index is 0.251. The van der Waals surface area contributed by atoms with Gasteiger partial charge in [0.25, 0.3) is 0 Å². The summed E-state index contributed by atoms with van der Waals surface area (Å²) in [5.41, 5.74) is 5.45. The van der Waals surface area contributed by atoms with E-state index in [1.165, 1.54) is 11.8 Å². The first-order valence-corrected chi connectivity index (χ1v) is 7.61. The summed E-state index contributed by atoms with van der Waals surface area (Å²) in [6.45, 7) is 3.62. The number of carbonyl (C=O) groups excluding carboxylic acids is 1. The maximum atomic E-state index is 11.5. The molecule has 0 radical (unpaired) electrons. The fraction of sp³-hybridized carbons (Fsp3) is 0.583. The molecule has 19 heavy (non-hydrogen) atoms. The predicted octanol–water partition coefficient (Wildman–Crippen LogP) is 1.08. The zero-order valence-corrected chi connectivity index (χ0v) is 12.0. The van der Waals surface area contributed by atoms with Crippen molar-refractivity contribution in [1.82, 2.24) is 9.97 Å². The van der Waals surface area contributed by atoms with E-state index in [1.54, 1.807) is 0 Å². The van der Waals surface area contributed by atoms with E-state index in [2.05, 4.69) is 15.3 Å². The summed E-state index contributed by atoms with van der Waals surface area (Å²) in [4.78, 5) is 22.3. The molecule has 0 saturated carbocycles. The monoisotopic (exact) mass is 281 g/mol. The molecule has 1 aliphatic heterocycles. The van der Waals surface area contributed by atoms with Crippen molar-refractivity contribution in [3.05, 3.63) is 6.07 Å². The molecule has 1 saturated heterocycles. The normalized spacial score (nSPS) is 18.6. The van der Waals surface area contributed by atoms with E-state index in [-0.39, 0.29) is 11.9 Å². The number of hydrogen-bond acceptors (Lipinski definition) is 6. The van der Waals surface area contributed by atoms with Crippen LogP contribution < -0.4 is 16.0 Å². The summed E-state index contributed by atoms with van der Waals surface area (Å²) in [6.07, 6.45) is 3.69. The molecule has 6 nitrogen and oxygen atoms in total. The van der Waals surface area contributed by atoms with Crippen LogP contribution in [0.3, 0.4) is 0 Å². The lowest BCUT2D eigenvalue weighted by Gasteiger charge is -2.23. The van der Waals surface area contributed by atoms with Crippen molar-refractivity contribution >= 4 is 29.3 Å². The SMILES string of the molecule is CCNc1cc(N2CCCC2C(N)=O)nc(SC)n1. The quantitative estimate of drug-likeness (QED) is 0.621. The number of aromatic nitrogens is 2. The van der Waals surface area contributed by atoms with Crippen LogP contribution in [0.15, 0.2) is 11.2 Å². The van der Waals surface area contributed by atoms with E-state index in [0.29, 0.717) is 5.16 Å². The van der Waals surface area contributed by atoms with Crippen LogP contribution in [0.2, 0.25) is 0 Å². The number of nitrogens with zero attached hydrogens (tertiary/aromatic N) is 3. The van der Waals surface area contributed by atoms with E-state index in [4.69, 9.17) is 5.73 Å². The summed E-state index contributed by atoms with van der Waals surface area (Å²) in [7, 11) is 0. The van der Waals surface area contributed by atoms with Gasteiger partial charge in [0.15, 0.2) is 5.16 Å². The van der Waals surface area contributed by atoms with Crippen LogP contribution in [0.5, 0.6) is 0 Å². The van der Waals surface area contributed by atoms with Gasteiger partial charge in [-0.05, 0) is 26.0 Å². The Hall–Kier alpha value is -1.50. The second kappa shape index (κ2) is 6.10. The molecule has 0 aromatic carbocycles. The average molecular weight is 281 g/mol. The summed E-state index contributed by atoms with van der Waals surface area (Å²) in [5.74, 6) is 1.27. The van der Waals surface area contributed by atoms with Crippen LogP contribution in [0.4, 0.5) is 11.6 Å². The van der Waals surface area contributed by atoms with Gasteiger partial charge < -0.3 is 16.0 Å². The lowest BCUT2D eigenvalue weighted by molar-refractivity contribution is -0.119. The van der Waals surface area contributed by atoms with Gasteiger partial charge in [-0.1, -0.05) is 11.8 Å². The molecule has 1 aromatic rings. The molecule has 104 valence electrons. The van der Waals surface area contributed by atoms with Gasteiger partial charge in [0.05, 0.1) is 0 Å². The van der Waals surface area contributed by atoms with Crippen LogP contribution in [0, 0.1) is 0 Å². The number of nitrogens with two attached hydrogens (primary N) is 1. The van der Waals surface area contributed by atoms with Crippen molar-refractivity contribution in [2.75, 3.05) is 29.6 Å². The van der Waals surface area contributed by atoms with Crippen LogP contribution >= 0.6 is 11.8 Å². The molecular weight excluding hydrogens is 262 g/mol. The standard InChI is InChI=1S/C12H19N5OS/c1-3-14-9-7-10(16-12(15-9)19-2)17-6-4-5-8(17)11(13)18/h7-8H,3-6H2,1-2H3,(H2,13,18)(H,14,15,16). The van der Waals surface area contributed by atoms with Crippen molar-refractivity contribution < 1.29 is 4.79 Å². The van der Waals surface area contributed by atoms with E-state index >= 15 is 0 Å². The summed E-state index contributed by atoms with van der Waals surface area (Å²) < 4.78 is 0. The molecule has 7 heteroatoms. The van der Waals surface area contributed by atoms with Gasteiger partial charge in [-0.25, -0.2) is 9.97 Å². The molecule has 1 amide bonds. The number of amides is 1. The van der Waals surface area contributed by atoms with Crippen molar-refractivity contribution in [1.29, 1.82) is 0 Å². The van der Waals surface area contributed by atoms with Crippen LogP contribution in [-0.4, -0.2) is 41.3 Å². The average Bonchev–Trinajstić information content (AvgIpc) is 2.88. The molecule has 1 fully saturated rings. The lowest BCUT2D eigenvalue weighted by atomic mass is 10.2. The third-order valence-electron chi connectivity index (χ3n) is 3.11. The number of carbonyl (C=O) groups is 1. The third kappa shape index (κ3) is 3.09. The molecule has 2 heterocycles. The number of thioether (sulfide) groups is 1. The Balaban J connectivity index is 2.32. The van der Waals surface area contributed by atoms with Crippen molar-refractivity contribution in [3.63, 3.8) is 0 Å². The topological polar surface area (TPSA) is 84.1 Å². The minimum atomic E-state index is -0.285. The van der Waals surface area contributed by atoms with Gasteiger partial charge >= 0.3 is 0 Å². The molecule has 1 aliphatic rings. The Labute approximate surface area is 117 Å². The number of primary amides is 1. The second-order valence-electron chi connectivity index (χ2n) is 4.38. The molecule has 3 N–H and O–H groups in total. The molecular formula is C12H19N5OS. The Morgan fingerprint density at radius 3 is 3.05 bits per heavy atom. The fourth-order valence-electron chi connectivity index (χ4n) is 2.26. The molecule has 2 rings (SSSR count). The summed E-state index contributed by atoms with van der Waals surface area (Å²) >= 11 is 1.49. The summed E-state index contributed by atoms with van der Waals surface area (Å²) in [5, 5.41) is 3.88. The smallest absolute Gasteiger partial charge is 0.240 e. The minimum Gasteiger partial charge on any atom is -0.370 e. The van der Waals surface area contributed by atoms with Crippen molar-refractivity contribution in [3.8, 4) is 0 Å².